The smallest absolute Gasteiger partial charge is 0.138 e. The van der Waals surface area contributed by atoms with E-state index in [0.717, 1.165) is 11.3 Å². The number of nitrogens with zero attached hydrogens (tertiary/aromatic N) is 2. The Kier molecular flexibility index (Phi) is 2.64. The fraction of sp³-hybridized carbons (Fsp3) is 0.333. The molecular weight excluding hydrogens is 238 g/mol. The van der Waals surface area contributed by atoms with Crippen LogP contribution < -0.4 is 0 Å². The molecule has 0 bridgehead atoms. The van der Waals surface area contributed by atoms with E-state index in [9.17, 15) is 0 Å². The maximum absolute atomic E-state index is 5.45. The Morgan fingerprint density at radius 3 is 2.00 bits per heavy atom. The number of hydrogen-bond donors (Lipinski definition) is 0. The minimum absolute atomic E-state index is 0.265. The highest BCUT2D eigenvalue weighted by atomic mass is 35.6. The lowest BCUT2D eigenvalue weighted by Gasteiger charge is -2.02. The number of rotatable bonds is 0. The summed E-state index contributed by atoms with van der Waals surface area (Å²) in [5.41, 5.74) is 0. The second kappa shape index (κ2) is 2.99. The molecule has 1 heterocycles. The van der Waals surface area contributed by atoms with Crippen molar-refractivity contribution in [2.45, 2.75) is 3.79 Å². The monoisotopic (exact) mass is 236 g/mol. The van der Waals surface area contributed by atoms with Crippen LogP contribution in [0.4, 0.5) is 0 Å². The molecule has 0 spiro atoms. The molecule has 0 aliphatic carbocycles. The quantitative estimate of drug-likeness (QED) is 0.649. The Balaban J connectivity index is 2.96. The molecule has 1 rings (SSSR count). The van der Waals surface area contributed by atoms with Crippen molar-refractivity contribution >= 4 is 57.7 Å². The van der Waals surface area contributed by atoms with Crippen molar-refractivity contribution < 1.29 is 0 Å². The number of halogens is 4. The Hall–Kier alpha value is 0.720. The molecule has 0 amide bonds. The van der Waals surface area contributed by atoms with Gasteiger partial charge in [0.15, 0.2) is 5.01 Å². The molecule has 0 saturated carbocycles. The predicted octanol–water partition coefficient (Wildman–Crippen LogP) is 3.02. The summed E-state index contributed by atoms with van der Waals surface area (Å²) in [6.45, 7) is 0. The van der Waals surface area contributed by atoms with Crippen LogP contribution in [0.3, 0.4) is 0 Å². The zero-order chi connectivity index (χ0) is 7.78. The first-order valence-corrected chi connectivity index (χ1v) is 4.39. The van der Waals surface area contributed by atoms with Gasteiger partial charge < -0.3 is 0 Å². The third-order valence-corrected chi connectivity index (χ3v) is 2.65. The molecule has 0 radical (unpaired) electrons. The summed E-state index contributed by atoms with van der Waals surface area (Å²) in [7, 11) is 0. The molecule has 0 fully saturated rings. The van der Waals surface area contributed by atoms with Gasteiger partial charge in [-0.3, -0.25) is 0 Å². The lowest BCUT2D eigenvalue weighted by atomic mass is 10.8. The fourth-order valence-electron chi connectivity index (χ4n) is 0.320. The fourth-order valence-corrected chi connectivity index (χ4v) is 1.48. The van der Waals surface area contributed by atoms with Crippen LogP contribution in [0.5, 0.6) is 0 Å². The first kappa shape index (κ1) is 8.81. The van der Waals surface area contributed by atoms with E-state index >= 15 is 0 Å². The minimum Gasteiger partial charge on any atom is -0.138 e. The van der Waals surface area contributed by atoms with Crippen molar-refractivity contribution in [3.63, 3.8) is 0 Å². The van der Waals surface area contributed by atoms with Gasteiger partial charge in [-0.05, 0) is 11.6 Å². The molecule has 1 aromatic heterocycles. The molecule has 0 atom stereocenters. The van der Waals surface area contributed by atoms with Gasteiger partial charge in [-0.2, -0.15) is 0 Å². The molecule has 0 saturated heterocycles. The molecule has 56 valence electrons. The third-order valence-electron chi connectivity index (χ3n) is 0.643. The van der Waals surface area contributed by atoms with E-state index in [1.807, 2.05) is 0 Å². The van der Waals surface area contributed by atoms with Crippen molar-refractivity contribution in [1.29, 1.82) is 0 Å². The summed E-state index contributed by atoms with van der Waals surface area (Å²) in [6, 6.07) is 0. The second-order valence-electron chi connectivity index (χ2n) is 1.36. The first-order chi connectivity index (χ1) is 4.50. The number of hydrogen-bond acceptors (Lipinski definition) is 3. The van der Waals surface area contributed by atoms with Crippen molar-refractivity contribution in [3.05, 3.63) is 9.47 Å². The molecule has 0 aromatic carbocycles. The van der Waals surface area contributed by atoms with E-state index in [0.29, 0.717) is 0 Å². The van der Waals surface area contributed by atoms with E-state index < -0.39 is 3.79 Å². The Labute approximate surface area is 81.1 Å². The normalized spacial score (nSPS) is 12.0. The molecule has 0 aliphatic rings. The van der Waals surface area contributed by atoms with Gasteiger partial charge in [0.05, 0.1) is 0 Å². The van der Waals surface area contributed by atoms with Crippen LogP contribution >= 0.6 is 57.7 Å². The van der Waals surface area contributed by atoms with Crippen LogP contribution in [-0.4, -0.2) is 10.2 Å². The van der Waals surface area contributed by atoms with Gasteiger partial charge >= 0.3 is 0 Å². The third kappa shape index (κ3) is 2.10. The van der Waals surface area contributed by atoms with E-state index in [1.165, 1.54) is 0 Å². The molecule has 7 heteroatoms. The summed E-state index contributed by atoms with van der Waals surface area (Å²) in [5.74, 6) is 0. The first-order valence-electron chi connectivity index (χ1n) is 2.06. The summed E-state index contributed by atoms with van der Waals surface area (Å²) >= 11 is 22.8. The van der Waals surface area contributed by atoms with E-state index in [4.69, 9.17) is 46.4 Å². The molecule has 0 N–H and O–H groups in total. The van der Waals surface area contributed by atoms with Gasteiger partial charge in [0.1, 0.15) is 0 Å². The average molecular weight is 238 g/mol. The molecule has 10 heavy (non-hydrogen) atoms. The van der Waals surface area contributed by atoms with Gasteiger partial charge in [-0.15, -0.1) is 10.2 Å². The van der Waals surface area contributed by atoms with Crippen molar-refractivity contribution in [2.75, 3.05) is 0 Å². The van der Waals surface area contributed by atoms with Crippen LogP contribution in [0, 0.1) is 0 Å². The molecule has 2 nitrogen and oxygen atoms in total. The highest BCUT2D eigenvalue weighted by Crippen LogP contribution is 2.40. The summed E-state index contributed by atoms with van der Waals surface area (Å²) < 4.78 is -1.24. The maximum Gasteiger partial charge on any atom is 0.243 e. The SMILES string of the molecule is Clc1nnc(C(Cl)(Cl)Cl)s1. The summed E-state index contributed by atoms with van der Waals surface area (Å²) in [6.07, 6.45) is 0. The van der Waals surface area contributed by atoms with E-state index in [1.54, 1.807) is 0 Å². The van der Waals surface area contributed by atoms with E-state index in [2.05, 4.69) is 10.2 Å². The van der Waals surface area contributed by atoms with Crippen LogP contribution in [0.1, 0.15) is 5.01 Å². The Morgan fingerprint density at radius 1 is 1.20 bits per heavy atom. The maximum atomic E-state index is 5.45. The largest absolute Gasteiger partial charge is 0.243 e. The van der Waals surface area contributed by atoms with Gasteiger partial charge in [0.2, 0.25) is 8.26 Å². The molecule has 0 aliphatic heterocycles. The standard InChI is InChI=1S/C3Cl4N2S/c4-2-9-8-1(10-2)3(5,6)7. The highest BCUT2D eigenvalue weighted by Gasteiger charge is 2.27. The summed E-state index contributed by atoms with van der Waals surface area (Å²) in [4.78, 5) is 0. The molecule has 1 aromatic rings. The van der Waals surface area contributed by atoms with Gasteiger partial charge in [-0.25, -0.2) is 0 Å². The summed E-state index contributed by atoms with van der Waals surface area (Å²) in [5, 5.41) is 7.27. The lowest BCUT2D eigenvalue weighted by Crippen LogP contribution is -1.98. The minimum atomic E-state index is -1.51. The van der Waals surface area contributed by atoms with Gasteiger partial charge in [0, 0.05) is 0 Å². The van der Waals surface area contributed by atoms with Crippen molar-refractivity contribution in [1.82, 2.24) is 10.2 Å². The molecule has 0 unspecified atom stereocenters. The predicted molar refractivity (Wildman–Crippen MR) is 44.2 cm³/mol. The zero-order valence-electron chi connectivity index (χ0n) is 4.31. The zero-order valence-corrected chi connectivity index (χ0v) is 8.15. The van der Waals surface area contributed by atoms with Crippen molar-refractivity contribution in [2.24, 2.45) is 0 Å². The van der Waals surface area contributed by atoms with E-state index in [-0.39, 0.29) is 9.47 Å². The number of aromatic nitrogens is 2. The van der Waals surface area contributed by atoms with Gasteiger partial charge in [0.25, 0.3) is 0 Å². The second-order valence-corrected chi connectivity index (χ2v) is 5.20. The average Bonchev–Trinajstić information content (AvgIpc) is 2.11. The highest BCUT2D eigenvalue weighted by molar-refractivity contribution is 7.16. The van der Waals surface area contributed by atoms with Crippen molar-refractivity contribution in [3.8, 4) is 0 Å². The Bertz CT molecular complexity index is 229. The Morgan fingerprint density at radius 2 is 1.80 bits per heavy atom. The van der Waals surface area contributed by atoms with Crippen LogP contribution in [0.15, 0.2) is 0 Å². The lowest BCUT2D eigenvalue weighted by molar-refractivity contribution is 1.01. The number of alkyl halides is 3. The van der Waals surface area contributed by atoms with Crippen LogP contribution in [0.25, 0.3) is 0 Å². The van der Waals surface area contributed by atoms with Gasteiger partial charge in [-0.1, -0.05) is 46.1 Å². The van der Waals surface area contributed by atoms with Crippen LogP contribution in [0.2, 0.25) is 4.47 Å². The topological polar surface area (TPSA) is 25.8 Å². The van der Waals surface area contributed by atoms with Crippen LogP contribution in [-0.2, 0) is 3.79 Å². The molecular formula is C3Cl4N2S.